The molecule has 126 valence electrons. The number of hydrogen-bond donors (Lipinski definition) is 2. The van der Waals surface area contributed by atoms with Crippen LogP contribution >= 0.6 is 11.6 Å². The van der Waals surface area contributed by atoms with Crippen molar-refractivity contribution in [3.63, 3.8) is 0 Å². The van der Waals surface area contributed by atoms with E-state index in [-0.39, 0.29) is 4.90 Å². The van der Waals surface area contributed by atoms with E-state index in [0.29, 0.717) is 10.6 Å². The maximum atomic E-state index is 12.9. The summed E-state index contributed by atoms with van der Waals surface area (Å²) in [6.07, 6.45) is 0. The first-order valence-electron chi connectivity index (χ1n) is 7.27. The molecule has 3 unspecified atom stereocenters. The quantitative estimate of drug-likeness (QED) is 0.866. The van der Waals surface area contributed by atoms with E-state index in [1.807, 2.05) is 6.92 Å². The molecule has 5 nitrogen and oxygen atoms in total. The van der Waals surface area contributed by atoms with Crippen molar-refractivity contribution >= 4 is 27.4 Å². The number of carbonyl (C=O) groups is 1. The van der Waals surface area contributed by atoms with E-state index in [0.717, 1.165) is 5.56 Å². The molecule has 0 heterocycles. The highest BCUT2D eigenvalue weighted by Crippen LogP contribution is 2.55. The average molecular weight is 366 g/mol. The van der Waals surface area contributed by atoms with Crippen LogP contribution in [0.4, 0.5) is 0 Å². The van der Waals surface area contributed by atoms with Crippen LogP contribution in [0, 0.1) is 6.92 Å². The van der Waals surface area contributed by atoms with E-state index in [1.54, 1.807) is 36.4 Å². The second-order valence-corrected chi connectivity index (χ2v) is 8.55. The number of carboxylic acids is 1. The zero-order chi connectivity index (χ0) is 17.7. The van der Waals surface area contributed by atoms with Crippen molar-refractivity contribution in [2.24, 2.45) is 5.73 Å². The van der Waals surface area contributed by atoms with Crippen LogP contribution in [0.3, 0.4) is 0 Å². The second kappa shape index (κ2) is 5.58. The van der Waals surface area contributed by atoms with E-state index >= 15 is 0 Å². The smallest absolute Gasteiger partial charge is 0.325 e. The van der Waals surface area contributed by atoms with Gasteiger partial charge in [0.1, 0.15) is 10.8 Å². The molecule has 3 atom stereocenters. The summed E-state index contributed by atoms with van der Waals surface area (Å²) in [6, 6.07) is 12.7. The number of rotatable bonds is 4. The Morgan fingerprint density at radius 2 is 1.67 bits per heavy atom. The third kappa shape index (κ3) is 2.51. The number of sulfone groups is 1. The van der Waals surface area contributed by atoms with Crippen LogP contribution in [0.25, 0.3) is 0 Å². The van der Waals surface area contributed by atoms with Gasteiger partial charge in [0.25, 0.3) is 0 Å². The van der Waals surface area contributed by atoms with Crippen LogP contribution in [0.2, 0.25) is 5.02 Å². The van der Waals surface area contributed by atoms with Gasteiger partial charge in [-0.25, -0.2) is 8.42 Å². The van der Waals surface area contributed by atoms with Crippen molar-refractivity contribution in [3.05, 3.63) is 64.7 Å². The first-order valence-corrected chi connectivity index (χ1v) is 9.19. The molecule has 0 amide bonds. The number of hydrogen-bond acceptors (Lipinski definition) is 4. The Bertz CT molecular complexity index is 893. The molecule has 3 rings (SSSR count). The van der Waals surface area contributed by atoms with E-state index in [4.69, 9.17) is 17.3 Å². The van der Waals surface area contributed by atoms with E-state index < -0.39 is 32.5 Å². The molecular weight excluding hydrogens is 350 g/mol. The van der Waals surface area contributed by atoms with Gasteiger partial charge in [0.2, 0.25) is 0 Å². The number of halogens is 1. The Labute approximate surface area is 145 Å². The number of carboxylic acid groups (broad SMARTS) is 1. The minimum Gasteiger partial charge on any atom is -0.480 e. The van der Waals surface area contributed by atoms with Gasteiger partial charge >= 0.3 is 5.97 Å². The summed E-state index contributed by atoms with van der Waals surface area (Å²) in [6.45, 7) is 1.84. The highest BCUT2D eigenvalue weighted by atomic mass is 35.5. The molecule has 2 aromatic carbocycles. The molecule has 1 saturated carbocycles. The molecule has 1 fully saturated rings. The van der Waals surface area contributed by atoms with Crippen LogP contribution in [0.15, 0.2) is 53.4 Å². The van der Waals surface area contributed by atoms with Gasteiger partial charge in [-0.2, -0.15) is 0 Å². The van der Waals surface area contributed by atoms with Crippen LogP contribution in [0.1, 0.15) is 17.0 Å². The summed E-state index contributed by atoms with van der Waals surface area (Å²) < 4.78 is 25.8. The summed E-state index contributed by atoms with van der Waals surface area (Å²) in [5.74, 6) is -2.15. The third-order valence-corrected chi connectivity index (χ3v) is 6.97. The lowest BCUT2D eigenvalue weighted by Gasteiger charge is -2.07. The monoisotopic (exact) mass is 365 g/mol. The summed E-state index contributed by atoms with van der Waals surface area (Å²) >= 11 is 5.84. The summed E-state index contributed by atoms with van der Waals surface area (Å²) in [7, 11) is -3.88. The Hall–Kier alpha value is -1.89. The molecule has 0 saturated heterocycles. The molecule has 0 aromatic heterocycles. The first-order chi connectivity index (χ1) is 11.2. The van der Waals surface area contributed by atoms with E-state index in [1.165, 1.54) is 12.1 Å². The van der Waals surface area contributed by atoms with E-state index in [2.05, 4.69) is 0 Å². The van der Waals surface area contributed by atoms with Crippen LogP contribution < -0.4 is 5.73 Å². The largest absolute Gasteiger partial charge is 0.480 e. The minimum absolute atomic E-state index is 0.0747. The molecule has 2 aromatic rings. The summed E-state index contributed by atoms with van der Waals surface area (Å²) in [5, 5.41) is 8.77. The lowest BCUT2D eigenvalue weighted by atomic mass is 10.1. The van der Waals surface area contributed by atoms with Crippen molar-refractivity contribution in [1.82, 2.24) is 0 Å². The van der Waals surface area contributed by atoms with Crippen molar-refractivity contribution < 1.29 is 18.3 Å². The van der Waals surface area contributed by atoms with Gasteiger partial charge in [0, 0.05) is 10.9 Å². The number of aryl methyl sites for hydroxylation is 1. The molecule has 0 bridgehead atoms. The van der Waals surface area contributed by atoms with Crippen molar-refractivity contribution in [3.8, 4) is 0 Å². The second-order valence-electron chi connectivity index (χ2n) is 6.05. The molecule has 0 spiro atoms. The third-order valence-electron chi connectivity index (χ3n) is 4.46. The maximum Gasteiger partial charge on any atom is 0.325 e. The van der Waals surface area contributed by atoms with Crippen LogP contribution in [-0.4, -0.2) is 30.3 Å². The zero-order valence-electron chi connectivity index (χ0n) is 12.8. The number of nitrogens with two attached hydrogens (primary N) is 1. The topological polar surface area (TPSA) is 97.5 Å². The van der Waals surface area contributed by atoms with Crippen molar-refractivity contribution in [1.29, 1.82) is 0 Å². The maximum absolute atomic E-state index is 12.9. The van der Waals surface area contributed by atoms with Crippen molar-refractivity contribution in [2.45, 2.75) is 28.5 Å². The van der Waals surface area contributed by atoms with Crippen molar-refractivity contribution in [2.75, 3.05) is 0 Å². The molecule has 1 aliphatic rings. The van der Waals surface area contributed by atoms with Crippen LogP contribution in [0.5, 0.6) is 0 Å². The Kier molecular flexibility index (Phi) is 3.94. The molecule has 24 heavy (non-hydrogen) atoms. The number of benzene rings is 2. The highest BCUT2D eigenvalue weighted by molar-refractivity contribution is 7.92. The van der Waals surface area contributed by atoms with E-state index in [9.17, 15) is 18.3 Å². The standard InChI is InChI=1S/C17H16ClNO4S/c1-10-2-8-13(9-3-10)24(22,23)15-14(17(15,19)16(20)21)11-4-6-12(18)7-5-11/h2-9,14-15H,19H2,1H3,(H,20,21). The average Bonchev–Trinajstić information content (AvgIpc) is 3.17. The SMILES string of the molecule is Cc1ccc(S(=O)(=O)C2C(c3ccc(Cl)cc3)C2(N)C(=O)O)cc1. The zero-order valence-corrected chi connectivity index (χ0v) is 14.4. The molecule has 0 aliphatic heterocycles. The minimum atomic E-state index is -3.88. The fourth-order valence-corrected chi connectivity index (χ4v) is 5.42. The van der Waals surface area contributed by atoms with Gasteiger partial charge in [-0.3, -0.25) is 4.79 Å². The van der Waals surface area contributed by atoms with Gasteiger partial charge < -0.3 is 10.8 Å². The molecule has 3 N–H and O–H groups in total. The summed E-state index contributed by atoms with van der Waals surface area (Å²) in [5.41, 5.74) is 5.60. The lowest BCUT2D eigenvalue weighted by Crippen LogP contribution is -2.39. The summed E-state index contributed by atoms with van der Waals surface area (Å²) in [4.78, 5) is 11.7. The van der Waals surface area contributed by atoms with Gasteiger partial charge in [0.05, 0.1) is 4.90 Å². The molecule has 1 aliphatic carbocycles. The lowest BCUT2D eigenvalue weighted by molar-refractivity contribution is -0.139. The molecule has 7 heteroatoms. The van der Waals surface area contributed by atoms with Gasteiger partial charge in [-0.05, 0) is 36.8 Å². The van der Waals surface area contributed by atoms with Gasteiger partial charge in [0.15, 0.2) is 9.84 Å². The predicted octanol–water partition coefficient (Wildman–Crippen LogP) is 2.37. The van der Waals surface area contributed by atoms with Crippen LogP contribution in [-0.2, 0) is 14.6 Å². The fraction of sp³-hybridized carbons (Fsp3) is 0.235. The van der Waals surface area contributed by atoms with Gasteiger partial charge in [-0.15, -0.1) is 0 Å². The molecule has 0 radical (unpaired) electrons. The first kappa shape index (κ1) is 17.0. The van der Waals surface area contributed by atoms with Gasteiger partial charge in [-0.1, -0.05) is 41.4 Å². The fourth-order valence-electron chi connectivity index (χ4n) is 3.06. The number of aliphatic carboxylic acids is 1. The highest BCUT2D eigenvalue weighted by Gasteiger charge is 2.74. The Morgan fingerprint density at radius 1 is 1.12 bits per heavy atom. The Morgan fingerprint density at radius 3 is 2.17 bits per heavy atom. The molecular formula is C17H16ClNO4S. The predicted molar refractivity (Wildman–Crippen MR) is 90.9 cm³/mol. The normalized spacial score (nSPS) is 26.1. The Balaban J connectivity index is 2.06.